The largest absolute Gasteiger partial charge is 0.478 e. The maximum absolute atomic E-state index is 13.0. The molecule has 1 aromatic carbocycles. The highest BCUT2D eigenvalue weighted by atomic mass is 19.4. The summed E-state index contributed by atoms with van der Waals surface area (Å²) in [5, 5.41) is 8.96. The number of alkyl halides is 3. The van der Waals surface area contributed by atoms with Gasteiger partial charge in [0.05, 0.1) is 5.57 Å². The zero-order valence-electron chi connectivity index (χ0n) is 12.1. The molecular formula is C15H16F3NO3. The number of anilines is 1. The van der Waals surface area contributed by atoms with Crippen molar-refractivity contribution in [2.24, 2.45) is 0 Å². The minimum absolute atomic E-state index is 0.0386. The van der Waals surface area contributed by atoms with Gasteiger partial charge in [0.1, 0.15) is 5.75 Å². The number of carboxylic acids is 1. The number of nitrogens with zero attached hydrogens (tertiary/aromatic N) is 1. The minimum atomic E-state index is -4.78. The first-order chi connectivity index (χ1) is 10.3. The Morgan fingerprint density at radius 2 is 1.95 bits per heavy atom. The van der Waals surface area contributed by atoms with E-state index in [4.69, 9.17) is 9.84 Å². The van der Waals surface area contributed by atoms with Gasteiger partial charge in [-0.2, -0.15) is 13.2 Å². The van der Waals surface area contributed by atoms with E-state index in [0.717, 1.165) is 11.8 Å². The van der Waals surface area contributed by atoms with Crippen molar-refractivity contribution in [1.82, 2.24) is 0 Å². The number of carbonyl (C=O) groups is 1. The molecule has 2 rings (SSSR count). The number of hydrogen-bond donors (Lipinski definition) is 1. The molecule has 1 aliphatic rings. The van der Waals surface area contributed by atoms with Gasteiger partial charge in [-0.25, -0.2) is 4.79 Å². The van der Waals surface area contributed by atoms with Crippen molar-refractivity contribution in [3.63, 3.8) is 0 Å². The summed E-state index contributed by atoms with van der Waals surface area (Å²) in [5.74, 6) is -1.60. The summed E-state index contributed by atoms with van der Waals surface area (Å²) >= 11 is 0. The number of carboxylic acid groups (broad SMARTS) is 1. The topological polar surface area (TPSA) is 49.8 Å². The van der Waals surface area contributed by atoms with E-state index in [2.05, 4.69) is 0 Å². The van der Waals surface area contributed by atoms with Crippen LogP contribution in [0.15, 0.2) is 23.8 Å². The van der Waals surface area contributed by atoms with Crippen LogP contribution in [0.1, 0.15) is 19.4 Å². The summed E-state index contributed by atoms with van der Waals surface area (Å²) in [7, 11) is 0. The number of fused-ring (bicyclic) bond motifs is 1. The Morgan fingerprint density at radius 1 is 1.32 bits per heavy atom. The van der Waals surface area contributed by atoms with Crippen LogP contribution in [0.5, 0.6) is 5.75 Å². The summed E-state index contributed by atoms with van der Waals surface area (Å²) in [5.41, 5.74) is 0.251. The molecule has 0 fully saturated rings. The first-order valence-electron chi connectivity index (χ1n) is 6.85. The van der Waals surface area contributed by atoms with Gasteiger partial charge in [-0.3, -0.25) is 0 Å². The van der Waals surface area contributed by atoms with Crippen LogP contribution in [0.2, 0.25) is 0 Å². The normalized spacial score (nSPS) is 17.3. The van der Waals surface area contributed by atoms with Crippen molar-refractivity contribution in [3.8, 4) is 5.75 Å². The average Bonchev–Trinajstić information content (AvgIpc) is 2.46. The molecule has 0 spiro atoms. The standard InChI is InChI=1S/C15H16F3NO3/c1-3-19(4-2)10-6-5-9-7-11(14(20)21)13(15(16,17)18)22-12(9)8-10/h5-8,13H,3-4H2,1-2H3,(H,20,21). The third-order valence-corrected chi connectivity index (χ3v) is 3.51. The molecule has 0 aliphatic carbocycles. The molecule has 22 heavy (non-hydrogen) atoms. The molecule has 120 valence electrons. The third-order valence-electron chi connectivity index (χ3n) is 3.51. The number of benzene rings is 1. The second-order valence-electron chi connectivity index (χ2n) is 4.84. The van der Waals surface area contributed by atoms with Crippen molar-refractivity contribution in [2.45, 2.75) is 26.1 Å². The number of aliphatic carboxylic acids is 1. The van der Waals surface area contributed by atoms with Crippen LogP contribution in [-0.2, 0) is 4.79 Å². The van der Waals surface area contributed by atoms with Crippen LogP contribution in [0, 0.1) is 0 Å². The van der Waals surface area contributed by atoms with Gasteiger partial charge in [-0.1, -0.05) is 0 Å². The molecule has 1 aliphatic heterocycles. The maximum Gasteiger partial charge on any atom is 0.430 e. The summed E-state index contributed by atoms with van der Waals surface area (Å²) in [6.45, 7) is 5.28. The van der Waals surface area contributed by atoms with Gasteiger partial charge in [0.2, 0.25) is 6.10 Å². The van der Waals surface area contributed by atoms with Crippen LogP contribution in [0.4, 0.5) is 18.9 Å². The molecular weight excluding hydrogens is 299 g/mol. The number of rotatable bonds is 4. The van der Waals surface area contributed by atoms with Crippen LogP contribution >= 0.6 is 0 Å². The lowest BCUT2D eigenvalue weighted by Gasteiger charge is -2.28. The lowest BCUT2D eigenvalue weighted by atomic mass is 10.0. The smallest absolute Gasteiger partial charge is 0.430 e. The SMILES string of the molecule is CCN(CC)c1ccc2c(c1)OC(C(F)(F)F)C(C(=O)O)=C2. The second kappa shape index (κ2) is 5.90. The van der Waals surface area contributed by atoms with E-state index in [0.29, 0.717) is 18.7 Å². The van der Waals surface area contributed by atoms with E-state index >= 15 is 0 Å². The molecule has 0 amide bonds. The van der Waals surface area contributed by atoms with Crippen LogP contribution in [-0.4, -0.2) is 36.4 Å². The number of hydrogen-bond acceptors (Lipinski definition) is 3. The van der Waals surface area contributed by atoms with Crippen LogP contribution in [0.25, 0.3) is 6.08 Å². The van der Waals surface area contributed by atoms with Gasteiger partial charge in [0.15, 0.2) is 0 Å². The maximum atomic E-state index is 13.0. The first kappa shape index (κ1) is 16.2. The molecule has 4 nitrogen and oxygen atoms in total. The Hall–Kier alpha value is -2.18. The van der Waals surface area contributed by atoms with Crippen molar-refractivity contribution in [2.75, 3.05) is 18.0 Å². The number of ether oxygens (including phenoxy) is 1. The van der Waals surface area contributed by atoms with E-state index in [1.807, 2.05) is 18.7 Å². The van der Waals surface area contributed by atoms with Gasteiger partial charge < -0.3 is 14.7 Å². The Balaban J connectivity index is 2.47. The fourth-order valence-electron chi connectivity index (χ4n) is 2.38. The van der Waals surface area contributed by atoms with Crippen molar-refractivity contribution in [3.05, 3.63) is 29.3 Å². The van der Waals surface area contributed by atoms with Gasteiger partial charge in [-0.05, 0) is 32.1 Å². The van der Waals surface area contributed by atoms with Gasteiger partial charge in [0.25, 0.3) is 0 Å². The predicted molar refractivity (Wildman–Crippen MR) is 76.1 cm³/mol. The molecule has 1 atom stereocenters. The van der Waals surface area contributed by atoms with E-state index in [9.17, 15) is 18.0 Å². The minimum Gasteiger partial charge on any atom is -0.478 e. The molecule has 7 heteroatoms. The second-order valence-corrected chi connectivity index (χ2v) is 4.84. The fraction of sp³-hybridized carbons (Fsp3) is 0.400. The monoisotopic (exact) mass is 315 g/mol. The molecule has 0 saturated carbocycles. The Labute approximate surface area is 125 Å². The molecule has 0 saturated heterocycles. The Kier molecular flexibility index (Phi) is 4.35. The van der Waals surface area contributed by atoms with Gasteiger partial charge in [-0.15, -0.1) is 0 Å². The zero-order valence-corrected chi connectivity index (χ0v) is 12.1. The van der Waals surface area contributed by atoms with Gasteiger partial charge >= 0.3 is 12.1 Å². The average molecular weight is 315 g/mol. The van der Waals surface area contributed by atoms with Crippen molar-refractivity contribution in [1.29, 1.82) is 0 Å². The Morgan fingerprint density at radius 3 is 2.45 bits per heavy atom. The highest BCUT2D eigenvalue weighted by Crippen LogP contribution is 2.38. The molecule has 0 aromatic heterocycles. The summed E-state index contributed by atoms with van der Waals surface area (Å²) in [6, 6.07) is 4.81. The lowest BCUT2D eigenvalue weighted by Crippen LogP contribution is -2.40. The molecule has 1 unspecified atom stereocenters. The lowest BCUT2D eigenvalue weighted by molar-refractivity contribution is -0.187. The molecule has 1 aromatic rings. The fourth-order valence-corrected chi connectivity index (χ4v) is 2.38. The molecule has 1 N–H and O–H groups in total. The quantitative estimate of drug-likeness (QED) is 0.926. The van der Waals surface area contributed by atoms with Crippen LogP contribution in [0.3, 0.4) is 0 Å². The first-order valence-corrected chi connectivity index (χ1v) is 6.85. The predicted octanol–water partition coefficient (Wildman–Crippen LogP) is 3.32. The summed E-state index contributed by atoms with van der Waals surface area (Å²) in [6.07, 6.45) is -6.22. The Bertz CT molecular complexity index is 607. The number of halogens is 3. The zero-order chi connectivity index (χ0) is 16.5. The van der Waals surface area contributed by atoms with E-state index in [-0.39, 0.29) is 5.75 Å². The van der Waals surface area contributed by atoms with Crippen LogP contribution < -0.4 is 9.64 Å². The van der Waals surface area contributed by atoms with Crippen molar-refractivity contribution < 1.29 is 27.8 Å². The molecule has 0 radical (unpaired) electrons. The highest BCUT2D eigenvalue weighted by Gasteiger charge is 2.48. The van der Waals surface area contributed by atoms with E-state index in [1.54, 1.807) is 12.1 Å². The van der Waals surface area contributed by atoms with E-state index < -0.39 is 23.8 Å². The van der Waals surface area contributed by atoms with Gasteiger partial charge in [0, 0.05) is 30.4 Å². The van der Waals surface area contributed by atoms with Crippen molar-refractivity contribution >= 4 is 17.7 Å². The van der Waals surface area contributed by atoms with E-state index in [1.165, 1.54) is 6.07 Å². The molecule has 1 heterocycles. The summed E-state index contributed by atoms with van der Waals surface area (Å²) < 4.78 is 43.9. The summed E-state index contributed by atoms with van der Waals surface area (Å²) in [4.78, 5) is 13.0. The highest BCUT2D eigenvalue weighted by molar-refractivity contribution is 5.95. The molecule has 0 bridgehead atoms. The third kappa shape index (κ3) is 3.03.